The second-order valence-corrected chi connectivity index (χ2v) is 4.90. The smallest absolute Gasteiger partial charge is 0.220 e. The topological polar surface area (TPSA) is 49.3 Å². The molecule has 2 N–H and O–H groups in total. The van der Waals surface area contributed by atoms with Crippen LogP contribution in [0.2, 0.25) is 0 Å². The normalized spacial score (nSPS) is 12.2. The molecule has 0 aliphatic heterocycles. The molecule has 0 heterocycles. The van der Waals surface area contributed by atoms with Crippen molar-refractivity contribution in [2.45, 2.75) is 32.2 Å². The van der Waals surface area contributed by atoms with Gasteiger partial charge in [-0.2, -0.15) is 0 Å². The van der Waals surface area contributed by atoms with Crippen molar-refractivity contribution < 1.29 is 9.90 Å². The molecule has 0 fully saturated rings. The fourth-order valence-corrected chi connectivity index (χ4v) is 1.97. The molecule has 4 heteroatoms. The van der Waals surface area contributed by atoms with Crippen LogP contribution in [0, 0.1) is 0 Å². The largest absolute Gasteiger partial charge is 0.394 e. The first-order valence-electron chi connectivity index (χ1n) is 5.80. The summed E-state index contributed by atoms with van der Waals surface area (Å²) in [6, 6.07) is 7.81. The molecule has 1 atom stereocenters. The van der Waals surface area contributed by atoms with Crippen LogP contribution in [-0.4, -0.2) is 23.7 Å². The highest BCUT2D eigenvalue weighted by molar-refractivity contribution is 9.10. The van der Waals surface area contributed by atoms with Gasteiger partial charge in [-0.25, -0.2) is 0 Å². The number of hydrogen-bond acceptors (Lipinski definition) is 2. The van der Waals surface area contributed by atoms with E-state index in [0.717, 1.165) is 16.5 Å². The second-order valence-electron chi connectivity index (χ2n) is 3.99. The molecule has 1 aromatic rings. The van der Waals surface area contributed by atoms with Gasteiger partial charge in [-0.3, -0.25) is 4.79 Å². The van der Waals surface area contributed by atoms with Crippen molar-refractivity contribution in [1.82, 2.24) is 5.32 Å². The minimum Gasteiger partial charge on any atom is -0.394 e. The number of rotatable bonds is 6. The Morgan fingerprint density at radius 1 is 1.53 bits per heavy atom. The van der Waals surface area contributed by atoms with E-state index >= 15 is 0 Å². The van der Waals surface area contributed by atoms with Crippen LogP contribution in [0.25, 0.3) is 0 Å². The highest BCUT2D eigenvalue weighted by atomic mass is 79.9. The van der Waals surface area contributed by atoms with E-state index in [4.69, 9.17) is 5.11 Å². The third-order valence-corrected chi connectivity index (χ3v) is 3.10. The van der Waals surface area contributed by atoms with Crippen LogP contribution in [0.4, 0.5) is 0 Å². The maximum absolute atomic E-state index is 11.6. The lowest BCUT2D eigenvalue weighted by atomic mass is 10.1. The van der Waals surface area contributed by atoms with Crippen molar-refractivity contribution in [3.8, 4) is 0 Å². The van der Waals surface area contributed by atoms with Gasteiger partial charge in [0.2, 0.25) is 5.91 Å². The number of aliphatic hydroxyl groups excluding tert-OH is 1. The molecule has 0 radical (unpaired) electrons. The summed E-state index contributed by atoms with van der Waals surface area (Å²) in [6.07, 6.45) is 1.92. The van der Waals surface area contributed by atoms with Crippen LogP contribution < -0.4 is 5.32 Å². The third-order valence-electron chi connectivity index (χ3n) is 2.61. The molecule has 94 valence electrons. The van der Waals surface area contributed by atoms with Crippen molar-refractivity contribution in [2.24, 2.45) is 0 Å². The molecule has 0 bridgehead atoms. The molecule has 1 rings (SSSR count). The zero-order valence-corrected chi connectivity index (χ0v) is 11.5. The molecular formula is C13H18BrNO2. The van der Waals surface area contributed by atoms with Crippen LogP contribution in [-0.2, 0) is 11.2 Å². The number of carbonyl (C=O) groups is 1. The molecule has 0 saturated heterocycles. The zero-order valence-electron chi connectivity index (χ0n) is 9.95. The van der Waals surface area contributed by atoms with Gasteiger partial charge in [-0.15, -0.1) is 0 Å². The number of aryl methyl sites for hydroxylation is 1. The van der Waals surface area contributed by atoms with Gasteiger partial charge in [-0.05, 0) is 30.5 Å². The lowest BCUT2D eigenvalue weighted by molar-refractivity contribution is -0.122. The third kappa shape index (κ3) is 5.33. The molecule has 17 heavy (non-hydrogen) atoms. The van der Waals surface area contributed by atoms with Crippen molar-refractivity contribution in [3.63, 3.8) is 0 Å². The fourth-order valence-electron chi connectivity index (χ4n) is 1.53. The summed E-state index contributed by atoms with van der Waals surface area (Å²) in [5, 5.41) is 11.8. The molecule has 1 aromatic carbocycles. The molecule has 0 saturated carbocycles. The number of carbonyl (C=O) groups excluding carboxylic acids is 1. The summed E-state index contributed by atoms with van der Waals surface area (Å²) >= 11 is 3.40. The molecule has 1 amide bonds. The van der Waals surface area contributed by atoms with Gasteiger partial charge in [0.15, 0.2) is 0 Å². The Bertz CT molecular complexity index is 364. The number of aliphatic hydroxyl groups is 1. The summed E-state index contributed by atoms with van der Waals surface area (Å²) in [4.78, 5) is 11.6. The predicted molar refractivity (Wildman–Crippen MR) is 71.8 cm³/mol. The fraction of sp³-hybridized carbons (Fsp3) is 0.462. The Kier molecular flexibility index (Phi) is 6.22. The van der Waals surface area contributed by atoms with E-state index in [2.05, 4.69) is 21.2 Å². The molecule has 3 nitrogen and oxygen atoms in total. The van der Waals surface area contributed by atoms with Gasteiger partial charge >= 0.3 is 0 Å². The van der Waals surface area contributed by atoms with E-state index in [1.807, 2.05) is 31.2 Å². The van der Waals surface area contributed by atoms with Gasteiger partial charge in [0.1, 0.15) is 0 Å². The molecule has 0 aromatic heterocycles. The molecule has 0 aliphatic rings. The van der Waals surface area contributed by atoms with Gasteiger partial charge < -0.3 is 10.4 Å². The van der Waals surface area contributed by atoms with E-state index in [0.29, 0.717) is 12.8 Å². The molecule has 0 aliphatic carbocycles. The van der Waals surface area contributed by atoms with E-state index in [1.54, 1.807) is 0 Å². The summed E-state index contributed by atoms with van der Waals surface area (Å²) in [7, 11) is 0. The molecule has 0 unspecified atom stereocenters. The van der Waals surface area contributed by atoms with Gasteiger partial charge in [0.05, 0.1) is 12.6 Å². The van der Waals surface area contributed by atoms with Crippen LogP contribution >= 0.6 is 15.9 Å². The van der Waals surface area contributed by atoms with Crippen molar-refractivity contribution in [1.29, 1.82) is 0 Å². The SMILES string of the molecule is CC[C@H](CO)NC(=O)CCc1cccc(Br)c1. The minimum absolute atomic E-state index is 0.000868. The Labute approximate surface area is 110 Å². The van der Waals surface area contributed by atoms with Crippen LogP contribution in [0.3, 0.4) is 0 Å². The van der Waals surface area contributed by atoms with Crippen molar-refractivity contribution in [2.75, 3.05) is 6.61 Å². The number of amides is 1. The highest BCUT2D eigenvalue weighted by Crippen LogP contribution is 2.12. The summed E-state index contributed by atoms with van der Waals surface area (Å²) in [5.41, 5.74) is 1.13. The summed E-state index contributed by atoms with van der Waals surface area (Å²) in [6.45, 7) is 1.94. The maximum Gasteiger partial charge on any atom is 0.220 e. The summed E-state index contributed by atoms with van der Waals surface area (Å²) in [5.74, 6) is -0.00845. The van der Waals surface area contributed by atoms with Gasteiger partial charge in [-0.1, -0.05) is 35.0 Å². The lowest BCUT2D eigenvalue weighted by Crippen LogP contribution is -2.36. The average Bonchev–Trinajstić information content (AvgIpc) is 2.33. The number of nitrogens with one attached hydrogen (secondary N) is 1. The lowest BCUT2D eigenvalue weighted by Gasteiger charge is -2.13. The molecular weight excluding hydrogens is 282 g/mol. The first-order chi connectivity index (χ1) is 8.15. The highest BCUT2D eigenvalue weighted by Gasteiger charge is 2.08. The standard InChI is InChI=1S/C13H18BrNO2/c1-2-12(9-16)15-13(17)7-6-10-4-3-5-11(14)8-10/h3-5,8,12,16H,2,6-7,9H2,1H3,(H,15,17)/t12-/m1/s1. The Morgan fingerprint density at radius 2 is 2.29 bits per heavy atom. The Hall–Kier alpha value is -0.870. The van der Waals surface area contributed by atoms with Crippen molar-refractivity contribution in [3.05, 3.63) is 34.3 Å². The molecule has 0 spiro atoms. The first kappa shape index (κ1) is 14.2. The van der Waals surface area contributed by atoms with E-state index in [9.17, 15) is 4.79 Å². The van der Waals surface area contributed by atoms with Crippen LogP contribution in [0.5, 0.6) is 0 Å². The number of halogens is 1. The summed E-state index contributed by atoms with van der Waals surface area (Å²) < 4.78 is 1.03. The number of hydrogen-bond donors (Lipinski definition) is 2. The quantitative estimate of drug-likeness (QED) is 0.846. The second kappa shape index (κ2) is 7.45. The Balaban J connectivity index is 2.38. The monoisotopic (exact) mass is 299 g/mol. The van der Waals surface area contributed by atoms with E-state index in [-0.39, 0.29) is 18.6 Å². The van der Waals surface area contributed by atoms with E-state index < -0.39 is 0 Å². The number of benzene rings is 1. The predicted octanol–water partition coefficient (Wildman–Crippen LogP) is 2.27. The average molecular weight is 300 g/mol. The minimum atomic E-state index is -0.120. The maximum atomic E-state index is 11.6. The van der Waals surface area contributed by atoms with Crippen molar-refractivity contribution >= 4 is 21.8 Å². The Morgan fingerprint density at radius 3 is 2.88 bits per heavy atom. The zero-order chi connectivity index (χ0) is 12.7. The van der Waals surface area contributed by atoms with Gasteiger partial charge in [0.25, 0.3) is 0 Å². The van der Waals surface area contributed by atoms with Crippen LogP contribution in [0.15, 0.2) is 28.7 Å². The van der Waals surface area contributed by atoms with Gasteiger partial charge in [0, 0.05) is 10.9 Å². The first-order valence-corrected chi connectivity index (χ1v) is 6.59. The van der Waals surface area contributed by atoms with Crippen LogP contribution in [0.1, 0.15) is 25.3 Å². The van der Waals surface area contributed by atoms with E-state index in [1.165, 1.54) is 0 Å².